The van der Waals surface area contributed by atoms with Crippen molar-refractivity contribution in [3.05, 3.63) is 29.8 Å². The van der Waals surface area contributed by atoms with Crippen LogP contribution in [0.1, 0.15) is 31.4 Å². The van der Waals surface area contributed by atoms with E-state index in [0.29, 0.717) is 17.9 Å². The molecule has 20 heavy (non-hydrogen) atoms. The summed E-state index contributed by atoms with van der Waals surface area (Å²) in [6, 6.07) is 6.35. The molecule has 0 aliphatic rings. The number of anilines is 1. The molecule has 0 fully saturated rings. The van der Waals surface area contributed by atoms with Crippen molar-refractivity contribution in [2.75, 3.05) is 17.6 Å². The topological polar surface area (TPSA) is 92.7 Å². The van der Waals surface area contributed by atoms with E-state index in [-0.39, 0.29) is 18.8 Å². The molecule has 0 aliphatic heterocycles. The fraction of sp³-hybridized carbons (Fsp3) is 0.462. The van der Waals surface area contributed by atoms with E-state index in [4.69, 9.17) is 4.74 Å². The average molecular weight is 301 g/mol. The van der Waals surface area contributed by atoms with Gasteiger partial charge in [0.15, 0.2) is 0 Å². The average Bonchev–Trinajstić information content (AvgIpc) is 2.35. The number of carbonyl (C=O) groups is 1. The van der Waals surface area contributed by atoms with E-state index in [9.17, 15) is 18.3 Å². The van der Waals surface area contributed by atoms with Gasteiger partial charge in [0.2, 0.25) is 10.0 Å². The summed E-state index contributed by atoms with van der Waals surface area (Å²) >= 11 is 0. The molecule has 1 atom stereocenters. The lowest BCUT2D eigenvalue weighted by Crippen LogP contribution is -2.10. The normalized spacial score (nSPS) is 12.8. The van der Waals surface area contributed by atoms with Crippen LogP contribution in [0.4, 0.5) is 5.69 Å². The second-order valence-electron chi connectivity index (χ2n) is 4.36. The van der Waals surface area contributed by atoms with Crippen molar-refractivity contribution in [2.45, 2.75) is 25.9 Å². The van der Waals surface area contributed by atoms with Crippen molar-refractivity contribution < 1.29 is 23.1 Å². The van der Waals surface area contributed by atoms with Gasteiger partial charge in [0.1, 0.15) is 0 Å². The number of benzene rings is 1. The number of carbonyl (C=O) groups excluding carboxylic acids is 1. The summed E-state index contributed by atoms with van der Waals surface area (Å²) in [5.41, 5.74) is 1.04. The van der Waals surface area contributed by atoms with E-state index in [1.54, 1.807) is 31.2 Å². The van der Waals surface area contributed by atoms with Crippen LogP contribution in [0.25, 0.3) is 0 Å². The van der Waals surface area contributed by atoms with Crippen LogP contribution in [0.2, 0.25) is 0 Å². The summed E-state index contributed by atoms with van der Waals surface area (Å²) in [6.07, 6.45) is 0.678. The molecular weight excluding hydrogens is 282 g/mol. The number of esters is 1. The molecule has 0 heterocycles. The number of aliphatic hydroxyl groups excluding tert-OH is 1. The lowest BCUT2D eigenvalue weighted by Gasteiger charge is -2.11. The van der Waals surface area contributed by atoms with Crippen molar-refractivity contribution in [1.82, 2.24) is 0 Å². The van der Waals surface area contributed by atoms with Gasteiger partial charge in [-0.25, -0.2) is 8.42 Å². The highest BCUT2D eigenvalue weighted by Crippen LogP contribution is 2.21. The Balaban J connectivity index is 2.57. The minimum atomic E-state index is -3.31. The summed E-state index contributed by atoms with van der Waals surface area (Å²) in [5, 5.41) is 9.91. The fourth-order valence-corrected chi connectivity index (χ4v) is 2.21. The number of rotatable bonds is 7. The van der Waals surface area contributed by atoms with Gasteiger partial charge in [0.05, 0.1) is 19.0 Å². The minimum absolute atomic E-state index is 0.137. The Kier molecular flexibility index (Phi) is 5.97. The molecule has 7 heteroatoms. The van der Waals surface area contributed by atoms with Gasteiger partial charge in [-0.15, -0.1) is 0 Å². The van der Waals surface area contributed by atoms with Crippen LogP contribution in [0, 0.1) is 0 Å². The molecule has 112 valence electrons. The largest absolute Gasteiger partial charge is 0.466 e. The molecule has 0 aromatic heterocycles. The standard InChI is InChI=1S/C13H19NO5S/c1-3-19-13(16)9-8-12(15)10-4-6-11(7-5-10)14-20(2,17)18/h4-7,12,14-15H,3,8-9H2,1-2H3/t12-/m0/s1. The molecule has 0 aliphatic carbocycles. The first kappa shape index (κ1) is 16.5. The number of nitrogens with one attached hydrogen (secondary N) is 1. The predicted molar refractivity (Wildman–Crippen MR) is 75.7 cm³/mol. The lowest BCUT2D eigenvalue weighted by atomic mass is 10.0. The summed E-state index contributed by atoms with van der Waals surface area (Å²) < 4.78 is 29.2. The van der Waals surface area contributed by atoms with Gasteiger partial charge in [-0.05, 0) is 31.0 Å². The molecule has 6 nitrogen and oxygen atoms in total. The maximum Gasteiger partial charge on any atom is 0.305 e. The van der Waals surface area contributed by atoms with Crippen LogP contribution < -0.4 is 4.72 Å². The molecule has 0 bridgehead atoms. The SMILES string of the molecule is CCOC(=O)CC[C@H](O)c1ccc(NS(C)(=O)=O)cc1. The predicted octanol–water partition coefficient (Wildman–Crippen LogP) is 1.43. The van der Waals surface area contributed by atoms with E-state index in [0.717, 1.165) is 6.26 Å². The first-order valence-corrected chi connectivity index (χ1v) is 8.12. The first-order valence-electron chi connectivity index (χ1n) is 6.23. The van der Waals surface area contributed by atoms with Crippen molar-refractivity contribution in [3.8, 4) is 0 Å². The summed E-state index contributed by atoms with van der Waals surface area (Å²) in [5.74, 6) is -0.345. The van der Waals surface area contributed by atoms with E-state index in [2.05, 4.69) is 4.72 Å². The van der Waals surface area contributed by atoms with Gasteiger partial charge in [0.25, 0.3) is 0 Å². The molecule has 0 unspecified atom stereocenters. The van der Waals surface area contributed by atoms with Crippen LogP contribution in [0.15, 0.2) is 24.3 Å². The number of aliphatic hydroxyl groups is 1. The van der Waals surface area contributed by atoms with Crippen molar-refractivity contribution >= 4 is 21.7 Å². The molecule has 0 spiro atoms. The maximum absolute atomic E-state index is 11.2. The third-order valence-electron chi connectivity index (χ3n) is 2.53. The first-order chi connectivity index (χ1) is 9.31. The molecular formula is C13H19NO5S. The smallest absolute Gasteiger partial charge is 0.305 e. The van der Waals surface area contributed by atoms with Gasteiger partial charge in [-0.3, -0.25) is 9.52 Å². The van der Waals surface area contributed by atoms with Gasteiger partial charge in [-0.2, -0.15) is 0 Å². The number of sulfonamides is 1. The van der Waals surface area contributed by atoms with Crippen LogP contribution in [-0.4, -0.2) is 32.4 Å². The Labute approximate surface area is 118 Å². The summed E-state index contributed by atoms with van der Waals surface area (Å²) in [4.78, 5) is 11.2. The Hall–Kier alpha value is -1.60. The number of ether oxygens (including phenoxy) is 1. The fourth-order valence-electron chi connectivity index (χ4n) is 1.64. The highest BCUT2D eigenvalue weighted by atomic mass is 32.2. The zero-order chi connectivity index (χ0) is 15.2. The lowest BCUT2D eigenvalue weighted by molar-refractivity contribution is -0.143. The Bertz CT molecular complexity index is 538. The van der Waals surface area contributed by atoms with Crippen molar-refractivity contribution in [3.63, 3.8) is 0 Å². The molecule has 0 saturated heterocycles. The van der Waals surface area contributed by atoms with Gasteiger partial charge < -0.3 is 9.84 Å². The van der Waals surface area contributed by atoms with E-state index < -0.39 is 16.1 Å². The quantitative estimate of drug-likeness (QED) is 0.743. The Morgan fingerprint density at radius 1 is 1.35 bits per heavy atom. The highest BCUT2D eigenvalue weighted by Gasteiger charge is 2.11. The minimum Gasteiger partial charge on any atom is -0.466 e. The number of hydrogen-bond donors (Lipinski definition) is 2. The second kappa shape index (κ2) is 7.25. The van der Waals surface area contributed by atoms with E-state index >= 15 is 0 Å². The highest BCUT2D eigenvalue weighted by molar-refractivity contribution is 7.92. The molecule has 1 rings (SSSR count). The molecule has 1 aromatic carbocycles. The van der Waals surface area contributed by atoms with Gasteiger partial charge in [0, 0.05) is 12.1 Å². The third kappa shape index (κ3) is 6.03. The zero-order valence-electron chi connectivity index (χ0n) is 11.5. The summed E-state index contributed by atoms with van der Waals surface area (Å²) in [6.45, 7) is 2.04. The molecule has 1 aromatic rings. The molecule has 2 N–H and O–H groups in total. The van der Waals surface area contributed by atoms with Gasteiger partial charge >= 0.3 is 5.97 Å². The number of hydrogen-bond acceptors (Lipinski definition) is 5. The van der Waals surface area contributed by atoms with Crippen molar-refractivity contribution in [2.24, 2.45) is 0 Å². The Morgan fingerprint density at radius 2 is 1.95 bits per heavy atom. The molecule has 0 saturated carbocycles. The third-order valence-corrected chi connectivity index (χ3v) is 3.13. The summed E-state index contributed by atoms with van der Waals surface area (Å²) in [7, 11) is -3.31. The van der Waals surface area contributed by atoms with Gasteiger partial charge in [-0.1, -0.05) is 12.1 Å². The maximum atomic E-state index is 11.2. The molecule has 0 radical (unpaired) electrons. The van der Waals surface area contributed by atoms with E-state index in [1.165, 1.54) is 0 Å². The molecule has 0 amide bonds. The van der Waals surface area contributed by atoms with E-state index in [1.807, 2.05) is 0 Å². The Morgan fingerprint density at radius 3 is 2.45 bits per heavy atom. The zero-order valence-corrected chi connectivity index (χ0v) is 12.3. The van der Waals surface area contributed by atoms with Crippen molar-refractivity contribution in [1.29, 1.82) is 0 Å². The van der Waals surface area contributed by atoms with Crippen LogP contribution >= 0.6 is 0 Å². The van der Waals surface area contributed by atoms with Crippen LogP contribution in [-0.2, 0) is 19.6 Å². The van der Waals surface area contributed by atoms with Crippen LogP contribution in [0.5, 0.6) is 0 Å². The van der Waals surface area contributed by atoms with Crippen LogP contribution in [0.3, 0.4) is 0 Å². The second-order valence-corrected chi connectivity index (χ2v) is 6.10. The monoisotopic (exact) mass is 301 g/mol.